The number of fused-ring (bicyclic) bond motifs is 1. The van der Waals surface area contributed by atoms with Gasteiger partial charge in [0, 0.05) is 18.5 Å². The highest BCUT2D eigenvalue weighted by atomic mass is 32.2. The zero-order valence-corrected chi connectivity index (χ0v) is 21.9. The van der Waals surface area contributed by atoms with Crippen LogP contribution in [-0.4, -0.2) is 29.6 Å². The average Bonchev–Trinajstić information content (AvgIpc) is 3.38. The molecule has 1 N–H and O–H groups in total. The first-order chi connectivity index (χ1) is 17.5. The van der Waals surface area contributed by atoms with Crippen LogP contribution in [-0.2, 0) is 11.3 Å². The fourth-order valence-corrected chi connectivity index (χ4v) is 6.49. The fraction of sp³-hybridized carbons (Fsp3) is 0.179. The van der Waals surface area contributed by atoms with E-state index in [1.807, 2.05) is 50.4 Å². The number of hydrogen-bond donors (Lipinski definition) is 1. The third-order valence-electron chi connectivity index (χ3n) is 6.10. The number of aliphatic imine (C=N–C) groups is 1. The second-order valence-corrected chi connectivity index (χ2v) is 10.5. The van der Waals surface area contributed by atoms with Crippen LogP contribution in [0.2, 0.25) is 0 Å². The van der Waals surface area contributed by atoms with Crippen molar-refractivity contribution in [3.8, 4) is 6.07 Å². The minimum Gasteiger partial charge on any atom is -0.384 e. The number of hydrogen-bond acceptors (Lipinski definition) is 7. The molecule has 36 heavy (non-hydrogen) atoms. The Morgan fingerprint density at radius 2 is 1.83 bits per heavy atom. The lowest BCUT2D eigenvalue weighted by Gasteiger charge is -2.18. The fourth-order valence-electron chi connectivity index (χ4n) is 4.15. The van der Waals surface area contributed by atoms with Crippen LogP contribution < -0.4 is 10.2 Å². The Morgan fingerprint density at radius 3 is 2.58 bits per heavy atom. The zero-order chi connectivity index (χ0) is 25.2. The summed E-state index contributed by atoms with van der Waals surface area (Å²) in [5.41, 5.74) is 5.27. The molecule has 2 heterocycles. The van der Waals surface area contributed by atoms with E-state index < -0.39 is 0 Å². The summed E-state index contributed by atoms with van der Waals surface area (Å²) in [5, 5.41) is 14.3. The molecule has 5 rings (SSSR count). The predicted molar refractivity (Wildman–Crippen MR) is 149 cm³/mol. The van der Waals surface area contributed by atoms with E-state index in [1.54, 1.807) is 28.8 Å². The van der Waals surface area contributed by atoms with E-state index in [0.717, 1.165) is 39.0 Å². The molecule has 180 valence electrons. The Labute approximate surface area is 219 Å². The number of carbonyl (C=O) groups is 1. The summed E-state index contributed by atoms with van der Waals surface area (Å²) in [5.74, 6) is -0.0643. The molecule has 0 radical (unpaired) electrons. The van der Waals surface area contributed by atoms with E-state index in [1.165, 1.54) is 11.8 Å². The van der Waals surface area contributed by atoms with Gasteiger partial charge in [0.2, 0.25) is 0 Å². The maximum atomic E-state index is 13.9. The molecule has 6 nitrogen and oxygen atoms in total. The van der Waals surface area contributed by atoms with Crippen molar-refractivity contribution in [3.63, 3.8) is 0 Å². The van der Waals surface area contributed by atoms with Crippen molar-refractivity contribution >= 4 is 51.7 Å². The molecular formula is C28H25N5OS2. The number of anilines is 2. The second kappa shape index (κ2) is 10.1. The Balaban J connectivity index is 1.61. The lowest BCUT2D eigenvalue weighted by molar-refractivity contribution is -0.122. The van der Waals surface area contributed by atoms with Crippen LogP contribution in [0.1, 0.15) is 23.6 Å². The smallest absolute Gasteiger partial charge is 0.269 e. The van der Waals surface area contributed by atoms with Crippen LogP contribution in [0.5, 0.6) is 0 Å². The Hall–Kier alpha value is -3.67. The predicted octanol–water partition coefficient (Wildman–Crippen LogP) is 6.47. The van der Waals surface area contributed by atoms with Gasteiger partial charge in [0.05, 0.1) is 40.3 Å². The van der Waals surface area contributed by atoms with Crippen LogP contribution in [0.3, 0.4) is 0 Å². The van der Waals surface area contributed by atoms with Crippen LogP contribution in [0, 0.1) is 18.3 Å². The molecule has 3 aromatic rings. The van der Waals surface area contributed by atoms with Crippen LogP contribution >= 0.6 is 23.5 Å². The maximum absolute atomic E-state index is 13.9. The molecule has 8 heteroatoms. The highest BCUT2D eigenvalue weighted by Crippen LogP contribution is 2.50. The van der Waals surface area contributed by atoms with Crippen molar-refractivity contribution in [2.24, 2.45) is 4.99 Å². The number of nitriles is 1. The van der Waals surface area contributed by atoms with E-state index in [2.05, 4.69) is 41.4 Å². The summed E-state index contributed by atoms with van der Waals surface area (Å²) in [4.78, 5) is 24.5. The normalized spacial score (nSPS) is 18.1. The Bertz CT molecular complexity index is 1460. The first-order valence-electron chi connectivity index (χ1n) is 11.7. The van der Waals surface area contributed by atoms with Crippen molar-refractivity contribution in [2.75, 3.05) is 23.8 Å². The second-order valence-electron chi connectivity index (χ2n) is 8.45. The molecule has 3 aromatic carbocycles. The summed E-state index contributed by atoms with van der Waals surface area (Å²) < 4.78 is 0. The average molecular weight is 512 g/mol. The maximum Gasteiger partial charge on any atom is 0.269 e. The van der Waals surface area contributed by atoms with Crippen molar-refractivity contribution in [1.29, 1.82) is 5.26 Å². The topological polar surface area (TPSA) is 71.7 Å². The first-order valence-corrected chi connectivity index (χ1v) is 13.3. The summed E-state index contributed by atoms with van der Waals surface area (Å²) in [6.45, 7) is 5.21. The molecule has 0 bridgehead atoms. The van der Waals surface area contributed by atoms with E-state index in [0.29, 0.717) is 27.9 Å². The summed E-state index contributed by atoms with van der Waals surface area (Å²) in [6, 6.07) is 23.8. The van der Waals surface area contributed by atoms with Gasteiger partial charge in [-0.2, -0.15) is 5.26 Å². The van der Waals surface area contributed by atoms with Gasteiger partial charge in [0.1, 0.15) is 4.91 Å². The van der Waals surface area contributed by atoms with Crippen molar-refractivity contribution < 1.29 is 4.79 Å². The third kappa shape index (κ3) is 4.48. The molecule has 0 aliphatic carbocycles. The van der Waals surface area contributed by atoms with E-state index in [9.17, 15) is 10.1 Å². The molecule has 0 unspecified atom stereocenters. The van der Waals surface area contributed by atoms with Gasteiger partial charge in [0.25, 0.3) is 5.91 Å². The van der Waals surface area contributed by atoms with E-state index in [-0.39, 0.29) is 5.91 Å². The molecule has 0 spiro atoms. The molecule has 0 saturated carbocycles. The van der Waals surface area contributed by atoms with Gasteiger partial charge < -0.3 is 10.2 Å². The quantitative estimate of drug-likeness (QED) is 0.396. The monoisotopic (exact) mass is 511 g/mol. The third-order valence-corrected chi connectivity index (χ3v) is 8.53. The van der Waals surface area contributed by atoms with Gasteiger partial charge in [-0.05, 0) is 67.1 Å². The van der Waals surface area contributed by atoms with Crippen LogP contribution in [0.4, 0.5) is 17.1 Å². The zero-order valence-electron chi connectivity index (χ0n) is 20.3. The molecular weight excluding hydrogens is 486 g/mol. The van der Waals surface area contributed by atoms with Crippen molar-refractivity contribution in [2.45, 2.75) is 25.3 Å². The van der Waals surface area contributed by atoms with E-state index >= 15 is 0 Å². The lowest BCUT2D eigenvalue weighted by Crippen LogP contribution is -2.29. The number of rotatable bonds is 5. The number of amidine groups is 1. The first kappa shape index (κ1) is 24.0. The minimum absolute atomic E-state index is 0.0643. The van der Waals surface area contributed by atoms with Gasteiger partial charge in [-0.15, -0.1) is 0 Å². The molecule has 2 aliphatic rings. The summed E-state index contributed by atoms with van der Waals surface area (Å²) in [6.07, 6.45) is 0. The molecule has 2 aliphatic heterocycles. The summed E-state index contributed by atoms with van der Waals surface area (Å²) in [7, 11) is 2.00. The largest absolute Gasteiger partial charge is 0.384 e. The number of nitrogens with one attached hydrogen (secondary N) is 1. The number of thioether (sulfide) groups is 2. The van der Waals surface area contributed by atoms with Crippen LogP contribution in [0.25, 0.3) is 0 Å². The highest BCUT2D eigenvalue weighted by Gasteiger charge is 2.39. The number of nitrogens with zero attached hydrogens (tertiary/aromatic N) is 4. The van der Waals surface area contributed by atoms with Gasteiger partial charge in [-0.3, -0.25) is 9.69 Å². The lowest BCUT2D eigenvalue weighted by atomic mass is 10.1. The number of para-hydroxylation sites is 1. The van der Waals surface area contributed by atoms with E-state index in [4.69, 9.17) is 4.99 Å². The molecule has 0 atom stereocenters. The van der Waals surface area contributed by atoms with Gasteiger partial charge >= 0.3 is 0 Å². The minimum atomic E-state index is -0.0643. The number of amides is 1. The van der Waals surface area contributed by atoms with Crippen LogP contribution in [0.15, 0.2) is 86.6 Å². The van der Waals surface area contributed by atoms with Gasteiger partial charge in [-0.25, -0.2) is 4.99 Å². The van der Waals surface area contributed by atoms with Gasteiger partial charge in [0.15, 0.2) is 5.17 Å². The summed E-state index contributed by atoms with van der Waals surface area (Å²) >= 11 is 3.00. The Kier molecular flexibility index (Phi) is 6.77. The molecule has 1 amide bonds. The van der Waals surface area contributed by atoms with Crippen molar-refractivity contribution in [1.82, 2.24) is 4.90 Å². The van der Waals surface area contributed by atoms with Crippen molar-refractivity contribution in [3.05, 3.63) is 93.4 Å². The SMILES string of the molecule is CCNc1ccc(C#N)cc1N=C1S/C(=C2\Sc3ccccc3N2C)C(=O)N1Cc1ccccc1C. The number of benzene rings is 3. The molecule has 0 aromatic heterocycles. The molecule has 1 saturated heterocycles. The van der Waals surface area contributed by atoms with Gasteiger partial charge in [-0.1, -0.05) is 48.2 Å². The highest BCUT2D eigenvalue weighted by molar-refractivity contribution is 8.19. The number of aryl methyl sites for hydroxylation is 1. The number of carbonyl (C=O) groups excluding carboxylic acids is 1. The standard InChI is InChI=1S/C28H25N5OS2/c1-4-30-21-14-13-19(16-29)15-22(21)31-28-33(17-20-10-6-5-9-18(20)2)26(34)25(36-28)27-32(3)23-11-7-8-12-24(23)35-27/h5-15,30H,4,17H2,1-3H3/b27-25-,31-28?. The Morgan fingerprint density at radius 1 is 1.06 bits per heavy atom. The molecule has 1 fully saturated rings.